The first kappa shape index (κ1) is 25.8. The van der Waals surface area contributed by atoms with Crippen molar-refractivity contribution in [1.29, 1.82) is 0 Å². The SMILES string of the molecule is Nc1nc2c(ncn2[C@@H]2OC3CC[C@H]4C[C@H](c5cnc6c(=O)[nH]cnn56)O[C@@H]4COP(O)(=S)O[C@@H]2[C@@H]3F)c(=O)[nH]1. The fraction of sp³-hybridized carbons (Fsp3) is 0.524. The maximum Gasteiger partial charge on any atom is 0.325 e. The molecule has 19 heteroatoms. The quantitative estimate of drug-likeness (QED) is 0.229. The van der Waals surface area contributed by atoms with E-state index in [1.807, 2.05) is 0 Å². The van der Waals surface area contributed by atoms with Crippen molar-refractivity contribution in [3.8, 4) is 0 Å². The number of anilines is 1. The predicted octanol–water partition coefficient (Wildman–Crippen LogP) is 0.227. The number of imidazole rings is 2. The third-order valence-electron chi connectivity index (χ3n) is 7.52. The number of hydrogen-bond donors (Lipinski definition) is 4. The minimum atomic E-state index is -3.99. The first-order valence-corrected chi connectivity index (χ1v) is 15.0. The number of ether oxygens (including phenoxy) is 2. The maximum absolute atomic E-state index is 15.8. The van der Waals surface area contributed by atoms with E-state index in [1.54, 1.807) is 0 Å². The van der Waals surface area contributed by atoms with Crippen molar-refractivity contribution >= 4 is 41.3 Å². The average Bonchev–Trinajstić information content (AvgIpc) is 3.67. The van der Waals surface area contributed by atoms with Gasteiger partial charge in [-0.05, 0) is 37.0 Å². The average molecular weight is 596 g/mol. The zero-order valence-electron chi connectivity index (χ0n) is 20.5. The Morgan fingerprint density at radius 3 is 2.88 bits per heavy atom. The second-order valence-electron chi connectivity index (χ2n) is 9.89. The van der Waals surface area contributed by atoms with Crippen molar-refractivity contribution in [3.63, 3.8) is 0 Å². The highest BCUT2D eigenvalue weighted by atomic mass is 32.5. The van der Waals surface area contributed by atoms with Crippen LogP contribution in [0.1, 0.15) is 37.3 Å². The largest absolute Gasteiger partial charge is 0.369 e. The van der Waals surface area contributed by atoms with E-state index in [-0.39, 0.29) is 47.3 Å². The summed E-state index contributed by atoms with van der Waals surface area (Å²) < 4.78 is 42.3. The smallest absolute Gasteiger partial charge is 0.325 e. The first-order valence-electron chi connectivity index (χ1n) is 12.4. The molecule has 40 heavy (non-hydrogen) atoms. The molecule has 3 aliphatic heterocycles. The molecule has 7 rings (SSSR count). The number of alkyl halides is 1. The van der Waals surface area contributed by atoms with Crippen LogP contribution >= 0.6 is 6.72 Å². The summed E-state index contributed by atoms with van der Waals surface area (Å²) in [5.41, 5.74) is 5.52. The molecular weight excluding hydrogens is 572 g/mol. The lowest BCUT2D eigenvalue weighted by atomic mass is 9.91. The number of H-pyrrole nitrogens is 2. The van der Waals surface area contributed by atoms with Gasteiger partial charge in [0, 0.05) is 0 Å². The van der Waals surface area contributed by atoms with Gasteiger partial charge < -0.3 is 29.6 Å². The Bertz CT molecular complexity index is 1780. The molecule has 3 saturated heterocycles. The molecule has 0 amide bonds. The topological polar surface area (TPSA) is 210 Å². The Hall–Kier alpha value is -3.12. The highest BCUT2D eigenvalue weighted by Gasteiger charge is 2.51. The normalized spacial score (nSPS) is 34.7. The molecule has 2 unspecified atom stereocenters. The van der Waals surface area contributed by atoms with E-state index < -0.39 is 49.1 Å². The third-order valence-corrected chi connectivity index (χ3v) is 9.08. The van der Waals surface area contributed by atoms with Crippen molar-refractivity contribution in [2.45, 2.75) is 56.1 Å². The van der Waals surface area contributed by atoms with Crippen LogP contribution in [0.5, 0.6) is 0 Å². The number of nitrogens with zero attached hydrogens (tertiary/aromatic N) is 6. The molecule has 0 aliphatic carbocycles. The summed E-state index contributed by atoms with van der Waals surface area (Å²) in [7, 11) is 0. The minimum absolute atomic E-state index is 0.0166. The van der Waals surface area contributed by atoms with Gasteiger partial charge in [0.1, 0.15) is 18.5 Å². The minimum Gasteiger partial charge on any atom is -0.369 e. The zero-order chi connectivity index (χ0) is 27.8. The second kappa shape index (κ2) is 9.47. The molecule has 3 aliphatic rings. The van der Waals surface area contributed by atoms with Gasteiger partial charge in [-0.2, -0.15) is 10.1 Å². The van der Waals surface area contributed by atoms with Crippen LogP contribution in [0.4, 0.5) is 10.3 Å². The van der Waals surface area contributed by atoms with E-state index >= 15 is 4.39 Å². The molecule has 212 valence electrons. The first-order chi connectivity index (χ1) is 19.2. The van der Waals surface area contributed by atoms with E-state index in [0.29, 0.717) is 18.5 Å². The van der Waals surface area contributed by atoms with Crippen LogP contribution in [-0.4, -0.2) is 75.1 Å². The Morgan fingerprint density at radius 1 is 1.18 bits per heavy atom. The van der Waals surface area contributed by atoms with Gasteiger partial charge in [0.2, 0.25) is 11.6 Å². The molecule has 2 bridgehead atoms. The van der Waals surface area contributed by atoms with Crippen molar-refractivity contribution in [3.05, 3.63) is 45.3 Å². The highest BCUT2D eigenvalue weighted by Crippen LogP contribution is 2.53. The number of nitrogens with two attached hydrogens (primary N) is 1. The van der Waals surface area contributed by atoms with E-state index in [2.05, 4.69) is 30.0 Å². The molecule has 0 radical (unpaired) electrons. The summed E-state index contributed by atoms with van der Waals surface area (Å²) in [6.07, 6.45) is -0.778. The Kier molecular flexibility index (Phi) is 6.12. The molecule has 7 heterocycles. The number of halogens is 1. The molecule has 4 aromatic heterocycles. The van der Waals surface area contributed by atoms with Gasteiger partial charge in [-0.3, -0.25) is 23.7 Å². The summed E-state index contributed by atoms with van der Waals surface area (Å²) in [5.74, 6) is -0.284. The van der Waals surface area contributed by atoms with Crippen molar-refractivity contribution in [2.24, 2.45) is 5.92 Å². The van der Waals surface area contributed by atoms with Gasteiger partial charge in [-0.25, -0.2) is 18.9 Å². The standard InChI is InChI=1S/C21H23FN9O7PS/c22-13-10-2-1-8-3-11(9-4-24-17-19(33)25-6-27-31(9)17)36-12(8)5-35-39(34,40)38-15(13)20(37-10)30-7-26-14-16(30)28-21(23)29-18(14)32/h4,6-8,10-13,15,20H,1-3,5H2,(H,34,40)(H,25,27,33)(H3,23,28,29,32)/t8-,10?,11+,12+,13+,15+,20+,39?/m0/s1. The van der Waals surface area contributed by atoms with Crippen LogP contribution < -0.4 is 16.9 Å². The van der Waals surface area contributed by atoms with Gasteiger partial charge >= 0.3 is 6.72 Å². The number of aromatic amines is 2. The highest BCUT2D eigenvalue weighted by molar-refractivity contribution is 8.07. The molecule has 3 fully saturated rings. The van der Waals surface area contributed by atoms with E-state index in [0.717, 1.165) is 0 Å². The van der Waals surface area contributed by atoms with Gasteiger partial charge in [-0.15, -0.1) is 0 Å². The van der Waals surface area contributed by atoms with Gasteiger partial charge in [0.05, 0.1) is 37.0 Å². The van der Waals surface area contributed by atoms with Crippen LogP contribution in [-0.2, 0) is 30.3 Å². The third kappa shape index (κ3) is 4.27. The summed E-state index contributed by atoms with van der Waals surface area (Å²) in [6, 6.07) is 0. The van der Waals surface area contributed by atoms with Crippen LogP contribution in [0.15, 0.2) is 28.4 Å². The van der Waals surface area contributed by atoms with Crippen LogP contribution in [0, 0.1) is 5.92 Å². The number of fused-ring (bicyclic) bond motifs is 5. The number of hydrogen-bond acceptors (Lipinski definition) is 12. The number of aromatic nitrogens is 8. The molecule has 8 atom stereocenters. The molecule has 0 saturated carbocycles. The molecule has 0 aromatic carbocycles. The van der Waals surface area contributed by atoms with Crippen molar-refractivity contribution in [2.75, 3.05) is 12.3 Å². The van der Waals surface area contributed by atoms with Crippen LogP contribution in [0.25, 0.3) is 16.8 Å². The van der Waals surface area contributed by atoms with Gasteiger partial charge in [0.15, 0.2) is 23.6 Å². The Balaban J connectivity index is 1.18. The summed E-state index contributed by atoms with van der Waals surface area (Å²) >= 11 is 5.24. The van der Waals surface area contributed by atoms with Crippen molar-refractivity contribution in [1.82, 2.24) is 39.1 Å². The number of nitrogen functional groups attached to an aromatic ring is 1. The molecule has 5 N–H and O–H groups in total. The van der Waals surface area contributed by atoms with Crippen molar-refractivity contribution < 1.29 is 27.8 Å². The molecular formula is C21H23FN9O7PS. The van der Waals surface area contributed by atoms with E-state index in [9.17, 15) is 14.5 Å². The van der Waals surface area contributed by atoms with E-state index in [4.69, 9.17) is 36.1 Å². The monoisotopic (exact) mass is 595 g/mol. The second-order valence-corrected chi connectivity index (χ2v) is 12.7. The zero-order valence-corrected chi connectivity index (χ0v) is 22.2. The Morgan fingerprint density at radius 2 is 2.02 bits per heavy atom. The predicted molar refractivity (Wildman–Crippen MR) is 137 cm³/mol. The summed E-state index contributed by atoms with van der Waals surface area (Å²) in [6.45, 7) is -4.09. The summed E-state index contributed by atoms with van der Waals surface area (Å²) in [5, 5.41) is 4.18. The number of nitrogens with one attached hydrogen (secondary N) is 2. The van der Waals surface area contributed by atoms with Gasteiger partial charge in [0.25, 0.3) is 11.1 Å². The Labute approximate surface area is 227 Å². The lowest BCUT2D eigenvalue weighted by Crippen LogP contribution is -2.30. The lowest BCUT2D eigenvalue weighted by Gasteiger charge is -2.26. The lowest BCUT2D eigenvalue weighted by molar-refractivity contribution is -0.0462. The molecule has 16 nitrogen and oxygen atoms in total. The van der Waals surface area contributed by atoms with Gasteiger partial charge in [-0.1, -0.05) is 0 Å². The fourth-order valence-electron chi connectivity index (χ4n) is 5.66. The molecule has 0 spiro atoms. The van der Waals surface area contributed by atoms with E-state index in [1.165, 1.54) is 27.9 Å². The van der Waals surface area contributed by atoms with Crippen LogP contribution in [0.2, 0.25) is 0 Å². The molecule has 4 aromatic rings. The summed E-state index contributed by atoms with van der Waals surface area (Å²) in [4.78, 5) is 52.4. The number of rotatable bonds is 2. The maximum atomic E-state index is 15.8. The van der Waals surface area contributed by atoms with Crippen LogP contribution in [0.3, 0.4) is 0 Å². The fourth-order valence-corrected chi connectivity index (χ4v) is 7.06.